The highest BCUT2D eigenvalue weighted by molar-refractivity contribution is 7.89. The van der Waals surface area contributed by atoms with Crippen LogP contribution in [0.2, 0.25) is 0 Å². The van der Waals surface area contributed by atoms with Crippen molar-refractivity contribution in [2.24, 2.45) is 5.41 Å². The second kappa shape index (κ2) is 9.03. The molecule has 0 amide bonds. The number of aryl methyl sites for hydroxylation is 1. The zero-order chi connectivity index (χ0) is 17.3. The summed E-state index contributed by atoms with van der Waals surface area (Å²) in [5, 5.41) is 0. The van der Waals surface area contributed by atoms with Gasteiger partial charge in [-0.15, -0.1) is 0 Å². The van der Waals surface area contributed by atoms with E-state index in [0.29, 0.717) is 6.54 Å². The third-order valence-electron chi connectivity index (χ3n) is 3.44. The molecule has 0 bridgehead atoms. The molecular weight excluding hydrogens is 314 g/mol. The topological polar surface area (TPSA) is 72.5 Å². The minimum atomic E-state index is -3.50. The van der Waals surface area contributed by atoms with Crippen molar-refractivity contribution in [2.75, 3.05) is 18.9 Å². The van der Waals surface area contributed by atoms with Gasteiger partial charge in [0, 0.05) is 6.54 Å². The molecule has 130 valence electrons. The lowest BCUT2D eigenvalue weighted by atomic mass is 9.97. The van der Waals surface area contributed by atoms with Crippen molar-refractivity contribution >= 4 is 16.0 Å². The van der Waals surface area contributed by atoms with Gasteiger partial charge in [0.15, 0.2) is 0 Å². The molecule has 0 atom stereocenters. The molecule has 6 heteroatoms. The summed E-state index contributed by atoms with van der Waals surface area (Å²) in [4.78, 5) is 11.8. The van der Waals surface area contributed by atoms with E-state index in [-0.39, 0.29) is 12.4 Å². The van der Waals surface area contributed by atoms with E-state index in [1.165, 1.54) is 5.56 Å². The van der Waals surface area contributed by atoms with Gasteiger partial charge in [-0.25, -0.2) is 13.1 Å². The summed E-state index contributed by atoms with van der Waals surface area (Å²) in [6.45, 7) is 5.50. The Hall–Kier alpha value is -1.40. The van der Waals surface area contributed by atoms with E-state index in [1.807, 2.05) is 18.2 Å². The van der Waals surface area contributed by atoms with Crippen molar-refractivity contribution in [2.45, 2.75) is 40.0 Å². The van der Waals surface area contributed by atoms with Crippen LogP contribution in [0.5, 0.6) is 0 Å². The van der Waals surface area contributed by atoms with Crippen LogP contribution in [0.1, 0.15) is 39.2 Å². The van der Waals surface area contributed by atoms with Crippen LogP contribution in [0.15, 0.2) is 30.3 Å². The average molecular weight is 341 g/mol. The lowest BCUT2D eigenvalue weighted by Gasteiger charge is -2.22. The van der Waals surface area contributed by atoms with Crippen LogP contribution in [0.4, 0.5) is 0 Å². The van der Waals surface area contributed by atoms with E-state index in [1.54, 1.807) is 20.8 Å². The molecule has 23 heavy (non-hydrogen) atoms. The van der Waals surface area contributed by atoms with E-state index in [4.69, 9.17) is 4.74 Å². The lowest BCUT2D eigenvalue weighted by molar-refractivity contribution is -0.152. The highest BCUT2D eigenvalue weighted by Gasteiger charge is 2.34. The monoisotopic (exact) mass is 341 g/mol. The zero-order valence-electron chi connectivity index (χ0n) is 14.2. The van der Waals surface area contributed by atoms with Crippen LogP contribution >= 0.6 is 0 Å². The Morgan fingerprint density at radius 2 is 1.83 bits per heavy atom. The smallest absolute Gasteiger partial charge is 0.312 e. The molecule has 0 saturated carbocycles. The second-order valence-corrected chi connectivity index (χ2v) is 8.01. The molecular formula is C17H27NO4S. The van der Waals surface area contributed by atoms with Crippen LogP contribution in [0.25, 0.3) is 0 Å². The molecule has 0 aliphatic rings. The summed E-state index contributed by atoms with van der Waals surface area (Å²) in [5.41, 5.74) is 0.199. The minimum absolute atomic E-state index is 0.245. The Labute approximate surface area is 139 Å². The SMILES string of the molecule is CCOC(=O)C(C)(C)CS(=O)(=O)NCCCCc1ccccc1. The largest absolute Gasteiger partial charge is 0.466 e. The van der Waals surface area contributed by atoms with Crippen LogP contribution in [0, 0.1) is 5.41 Å². The predicted molar refractivity (Wildman–Crippen MR) is 91.6 cm³/mol. The van der Waals surface area contributed by atoms with Crippen molar-refractivity contribution in [1.29, 1.82) is 0 Å². The van der Waals surface area contributed by atoms with Crippen LogP contribution in [0.3, 0.4) is 0 Å². The summed E-state index contributed by atoms with van der Waals surface area (Å²) >= 11 is 0. The number of carbonyl (C=O) groups is 1. The van der Waals surface area contributed by atoms with E-state index < -0.39 is 21.4 Å². The molecule has 1 aromatic carbocycles. The van der Waals surface area contributed by atoms with Crippen LogP contribution in [-0.4, -0.2) is 33.3 Å². The Bertz CT molecular complexity index is 582. The van der Waals surface area contributed by atoms with Crippen LogP contribution in [-0.2, 0) is 26.0 Å². The van der Waals surface area contributed by atoms with Crippen LogP contribution < -0.4 is 4.72 Å². The van der Waals surface area contributed by atoms with E-state index in [2.05, 4.69) is 16.9 Å². The predicted octanol–water partition coefficient (Wildman–Crippen LogP) is 2.52. The summed E-state index contributed by atoms with van der Waals surface area (Å²) in [5.74, 6) is -0.758. The third kappa shape index (κ3) is 7.61. The summed E-state index contributed by atoms with van der Waals surface area (Å²) < 4.78 is 31.6. The van der Waals surface area contributed by atoms with Crippen molar-refractivity contribution in [3.05, 3.63) is 35.9 Å². The van der Waals surface area contributed by atoms with Crippen molar-refractivity contribution < 1.29 is 17.9 Å². The standard InChI is InChI=1S/C17H27NO4S/c1-4-22-16(19)17(2,3)14-23(20,21)18-13-9-8-12-15-10-6-5-7-11-15/h5-7,10-11,18H,4,8-9,12-14H2,1-3H3. The lowest BCUT2D eigenvalue weighted by Crippen LogP contribution is -2.39. The Morgan fingerprint density at radius 3 is 2.43 bits per heavy atom. The van der Waals surface area contributed by atoms with Gasteiger partial charge in [-0.05, 0) is 45.6 Å². The fourth-order valence-corrected chi connectivity index (χ4v) is 3.86. The third-order valence-corrected chi connectivity index (χ3v) is 5.18. The van der Waals surface area contributed by atoms with Crippen molar-refractivity contribution in [3.63, 3.8) is 0 Å². The molecule has 1 rings (SSSR count). The summed E-state index contributed by atoms with van der Waals surface area (Å²) in [6, 6.07) is 10.1. The van der Waals surface area contributed by atoms with Gasteiger partial charge in [-0.2, -0.15) is 0 Å². The quantitative estimate of drug-likeness (QED) is 0.524. The van der Waals surface area contributed by atoms with Gasteiger partial charge in [-0.1, -0.05) is 30.3 Å². The van der Waals surface area contributed by atoms with Crippen molar-refractivity contribution in [3.8, 4) is 0 Å². The van der Waals surface area contributed by atoms with Gasteiger partial charge in [0.25, 0.3) is 0 Å². The number of sulfonamides is 1. The summed E-state index contributed by atoms with van der Waals surface area (Å²) in [7, 11) is -3.50. The molecule has 1 aromatic rings. The Morgan fingerprint density at radius 1 is 1.17 bits per heavy atom. The maximum atomic E-state index is 12.1. The van der Waals surface area contributed by atoms with Crippen molar-refractivity contribution in [1.82, 2.24) is 4.72 Å². The number of carbonyl (C=O) groups excluding carboxylic acids is 1. The Kier molecular flexibility index (Phi) is 7.72. The second-order valence-electron chi connectivity index (χ2n) is 6.20. The highest BCUT2D eigenvalue weighted by atomic mass is 32.2. The van der Waals surface area contributed by atoms with Gasteiger partial charge < -0.3 is 4.74 Å². The van der Waals surface area contributed by atoms with Gasteiger partial charge in [0.1, 0.15) is 0 Å². The average Bonchev–Trinajstić information content (AvgIpc) is 2.47. The van der Waals surface area contributed by atoms with E-state index in [0.717, 1.165) is 19.3 Å². The molecule has 0 radical (unpaired) electrons. The summed E-state index contributed by atoms with van der Waals surface area (Å²) in [6.07, 6.45) is 2.60. The molecule has 0 heterocycles. The maximum absolute atomic E-state index is 12.1. The minimum Gasteiger partial charge on any atom is -0.466 e. The number of benzene rings is 1. The number of ether oxygens (including phenoxy) is 1. The fraction of sp³-hybridized carbons (Fsp3) is 0.588. The first-order chi connectivity index (χ1) is 10.8. The molecule has 0 aromatic heterocycles. The highest BCUT2D eigenvalue weighted by Crippen LogP contribution is 2.19. The number of hydrogen-bond acceptors (Lipinski definition) is 4. The zero-order valence-corrected chi connectivity index (χ0v) is 15.0. The van der Waals surface area contributed by atoms with E-state index >= 15 is 0 Å². The van der Waals surface area contributed by atoms with Gasteiger partial charge >= 0.3 is 5.97 Å². The normalized spacial score (nSPS) is 12.1. The molecule has 0 unspecified atom stereocenters. The number of hydrogen-bond donors (Lipinski definition) is 1. The van der Waals surface area contributed by atoms with Gasteiger partial charge in [0.2, 0.25) is 10.0 Å². The molecule has 5 nitrogen and oxygen atoms in total. The maximum Gasteiger partial charge on any atom is 0.312 e. The molecule has 0 fully saturated rings. The molecule has 0 aliphatic carbocycles. The molecule has 0 spiro atoms. The Balaban J connectivity index is 2.34. The number of unbranched alkanes of at least 4 members (excludes halogenated alkanes) is 1. The van der Waals surface area contributed by atoms with E-state index in [9.17, 15) is 13.2 Å². The van der Waals surface area contributed by atoms with Gasteiger partial charge in [0.05, 0.1) is 17.8 Å². The number of nitrogens with one attached hydrogen (secondary N) is 1. The number of esters is 1. The first-order valence-corrected chi connectivity index (χ1v) is 9.60. The molecule has 0 aliphatic heterocycles. The molecule has 1 N–H and O–H groups in total. The first kappa shape index (κ1) is 19.6. The molecule has 0 saturated heterocycles. The van der Waals surface area contributed by atoms with Gasteiger partial charge in [-0.3, -0.25) is 4.79 Å². The fourth-order valence-electron chi connectivity index (χ4n) is 2.24. The first-order valence-electron chi connectivity index (χ1n) is 7.95. The number of rotatable bonds is 10.